The van der Waals surface area contributed by atoms with E-state index in [0.29, 0.717) is 17.3 Å². The molecule has 1 aliphatic heterocycles. The summed E-state index contributed by atoms with van der Waals surface area (Å²) >= 11 is 0. The summed E-state index contributed by atoms with van der Waals surface area (Å²) in [6.45, 7) is 6.52. The Morgan fingerprint density at radius 2 is 1.81 bits per heavy atom. The highest BCUT2D eigenvalue weighted by Crippen LogP contribution is 2.28. The van der Waals surface area contributed by atoms with Gasteiger partial charge in [-0.2, -0.15) is 0 Å². The number of hydrogen-bond acceptors (Lipinski definition) is 7. The van der Waals surface area contributed by atoms with Gasteiger partial charge in [-0.1, -0.05) is 24.8 Å². The van der Waals surface area contributed by atoms with Gasteiger partial charge < -0.3 is 20.9 Å². The Hall–Kier alpha value is -4.79. The van der Waals surface area contributed by atoms with Crippen LogP contribution in [0.3, 0.4) is 0 Å². The van der Waals surface area contributed by atoms with Crippen molar-refractivity contribution in [2.24, 2.45) is 0 Å². The standard InChI is InChI=1S/C27H25N7O2/c1-3-25(36)31-21-11-12-28-24(13-21)23-6-4-5-18-14-29-27(33-26(18)23)32-20-9-7-19(8-10-20)30-22-15-34(16-22)17(2)35/h3-14,22,30H,1,15-16H2,2H3,(H,28,31,36)(H,29,32,33). The largest absolute Gasteiger partial charge is 0.379 e. The Kier molecular flexibility index (Phi) is 6.27. The Balaban J connectivity index is 1.33. The molecule has 0 spiro atoms. The molecular weight excluding hydrogens is 454 g/mol. The van der Waals surface area contributed by atoms with Crippen molar-refractivity contribution in [1.29, 1.82) is 0 Å². The van der Waals surface area contributed by atoms with E-state index in [9.17, 15) is 9.59 Å². The summed E-state index contributed by atoms with van der Waals surface area (Å²) in [7, 11) is 0. The smallest absolute Gasteiger partial charge is 0.247 e. The Labute approximate surface area is 208 Å². The average Bonchev–Trinajstić information content (AvgIpc) is 2.86. The van der Waals surface area contributed by atoms with Crippen molar-refractivity contribution in [2.75, 3.05) is 29.0 Å². The Morgan fingerprint density at radius 1 is 1.03 bits per heavy atom. The molecule has 2 amide bonds. The Bertz CT molecular complexity index is 1450. The highest BCUT2D eigenvalue weighted by atomic mass is 16.2. The normalized spacial score (nSPS) is 13.1. The van der Waals surface area contributed by atoms with Crippen LogP contribution in [0.25, 0.3) is 22.2 Å². The first-order chi connectivity index (χ1) is 17.5. The van der Waals surface area contributed by atoms with Crippen LogP contribution in [0, 0.1) is 0 Å². The number of carbonyl (C=O) groups excluding carboxylic acids is 2. The molecule has 0 radical (unpaired) electrons. The summed E-state index contributed by atoms with van der Waals surface area (Å²) in [4.78, 5) is 38.5. The van der Waals surface area contributed by atoms with Gasteiger partial charge in [0.2, 0.25) is 17.8 Å². The van der Waals surface area contributed by atoms with Crippen molar-refractivity contribution in [2.45, 2.75) is 13.0 Å². The molecule has 0 unspecified atom stereocenters. The van der Waals surface area contributed by atoms with Crippen LogP contribution in [0.2, 0.25) is 0 Å². The number of nitrogens with one attached hydrogen (secondary N) is 3. The van der Waals surface area contributed by atoms with E-state index in [1.807, 2.05) is 47.4 Å². The number of hydrogen-bond donors (Lipinski definition) is 3. The predicted molar refractivity (Wildman–Crippen MR) is 141 cm³/mol. The van der Waals surface area contributed by atoms with E-state index in [1.54, 1.807) is 31.5 Å². The first kappa shape index (κ1) is 23.0. The minimum atomic E-state index is -0.286. The fourth-order valence-electron chi connectivity index (χ4n) is 4.01. The van der Waals surface area contributed by atoms with Crippen LogP contribution in [-0.4, -0.2) is 50.8 Å². The van der Waals surface area contributed by atoms with Crippen LogP contribution in [0.4, 0.5) is 23.0 Å². The van der Waals surface area contributed by atoms with Crippen molar-refractivity contribution < 1.29 is 9.59 Å². The third-order valence-corrected chi connectivity index (χ3v) is 5.94. The molecule has 0 aliphatic carbocycles. The van der Waals surface area contributed by atoms with Crippen molar-refractivity contribution in [3.05, 3.63) is 79.6 Å². The highest BCUT2D eigenvalue weighted by Gasteiger charge is 2.28. The maximum absolute atomic E-state index is 11.7. The van der Waals surface area contributed by atoms with Gasteiger partial charge in [0, 0.05) is 60.4 Å². The first-order valence-electron chi connectivity index (χ1n) is 11.5. The van der Waals surface area contributed by atoms with Gasteiger partial charge in [0.25, 0.3) is 0 Å². The number of rotatable bonds is 7. The predicted octanol–water partition coefficient (Wildman–Crippen LogP) is 4.20. The maximum Gasteiger partial charge on any atom is 0.247 e. The van der Waals surface area contributed by atoms with E-state index in [1.165, 1.54) is 6.08 Å². The van der Waals surface area contributed by atoms with Crippen molar-refractivity contribution in [3.8, 4) is 11.3 Å². The quantitative estimate of drug-likeness (QED) is 0.341. The number of amides is 2. The zero-order valence-corrected chi connectivity index (χ0v) is 19.7. The second-order valence-corrected chi connectivity index (χ2v) is 8.53. The van der Waals surface area contributed by atoms with Gasteiger partial charge in [0.05, 0.1) is 17.3 Å². The number of anilines is 4. The molecule has 3 N–H and O–H groups in total. The summed E-state index contributed by atoms with van der Waals surface area (Å²) < 4.78 is 0. The molecule has 2 aromatic carbocycles. The molecule has 0 saturated carbocycles. The number of benzene rings is 2. The third-order valence-electron chi connectivity index (χ3n) is 5.94. The SMILES string of the molecule is C=CC(=O)Nc1ccnc(-c2cccc3cnc(Nc4ccc(NC5CN(C(C)=O)C5)cc4)nc23)c1. The number of carbonyl (C=O) groups is 2. The molecule has 0 atom stereocenters. The second-order valence-electron chi connectivity index (χ2n) is 8.53. The molecular formula is C27H25N7O2. The zero-order chi connectivity index (χ0) is 25.1. The number of nitrogens with zero attached hydrogens (tertiary/aromatic N) is 4. The molecule has 9 nitrogen and oxygen atoms in total. The molecule has 9 heteroatoms. The van der Waals surface area contributed by atoms with Crippen LogP contribution < -0.4 is 16.0 Å². The molecule has 1 saturated heterocycles. The van der Waals surface area contributed by atoms with Crippen LogP contribution in [0.15, 0.2) is 79.6 Å². The monoisotopic (exact) mass is 479 g/mol. The van der Waals surface area contributed by atoms with E-state index in [2.05, 4.69) is 32.5 Å². The van der Waals surface area contributed by atoms with Gasteiger partial charge in [-0.05, 0) is 42.5 Å². The third kappa shape index (κ3) is 5.00. The zero-order valence-electron chi connectivity index (χ0n) is 19.7. The molecule has 1 fully saturated rings. The number of para-hydroxylation sites is 1. The van der Waals surface area contributed by atoms with E-state index in [4.69, 9.17) is 4.98 Å². The summed E-state index contributed by atoms with van der Waals surface area (Å²) in [5.41, 5.74) is 4.72. The number of pyridine rings is 1. The summed E-state index contributed by atoms with van der Waals surface area (Å²) in [6, 6.07) is 17.5. The summed E-state index contributed by atoms with van der Waals surface area (Å²) in [5.74, 6) is 0.280. The number of likely N-dealkylation sites (tertiary alicyclic amines) is 1. The topological polar surface area (TPSA) is 112 Å². The van der Waals surface area contributed by atoms with Gasteiger partial charge in [-0.3, -0.25) is 14.6 Å². The molecule has 4 aromatic rings. The van der Waals surface area contributed by atoms with Gasteiger partial charge >= 0.3 is 0 Å². The molecule has 36 heavy (non-hydrogen) atoms. The fourth-order valence-corrected chi connectivity index (χ4v) is 4.01. The fraction of sp³-hybridized carbons (Fsp3) is 0.148. The maximum atomic E-state index is 11.7. The molecule has 0 bridgehead atoms. The van der Waals surface area contributed by atoms with Gasteiger partial charge in [0.15, 0.2) is 0 Å². The van der Waals surface area contributed by atoms with Crippen LogP contribution in [0.1, 0.15) is 6.92 Å². The van der Waals surface area contributed by atoms with E-state index < -0.39 is 0 Å². The first-order valence-corrected chi connectivity index (χ1v) is 11.5. The van der Waals surface area contributed by atoms with Crippen LogP contribution >= 0.6 is 0 Å². The summed E-state index contributed by atoms with van der Waals surface area (Å²) in [5, 5.41) is 10.3. The molecule has 2 aromatic heterocycles. The van der Waals surface area contributed by atoms with Gasteiger partial charge in [-0.25, -0.2) is 9.97 Å². The molecule has 180 valence electrons. The lowest BCUT2D eigenvalue weighted by Gasteiger charge is -2.39. The number of aromatic nitrogens is 3. The van der Waals surface area contributed by atoms with E-state index in [0.717, 1.165) is 40.9 Å². The lowest BCUT2D eigenvalue weighted by Crippen LogP contribution is -2.56. The van der Waals surface area contributed by atoms with E-state index >= 15 is 0 Å². The van der Waals surface area contributed by atoms with Crippen LogP contribution in [-0.2, 0) is 9.59 Å². The molecule has 3 heterocycles. The Morgan fingerprint density at radius 3 is 2.56 bits per heavy atom. The van der Waals surface area contributed by atoms with Crippen molar-refractivity contribution in [3.63, 3.8) is 0 Å². The average molecular weight is 480 g/mol. The lowest BCUT2D eigenvalue weighted by molar-refractivity contribution is -0.132. The van der Waals surface area contributed by atoms with E-state index in [-0.39, 0.29) is 17.9 Å². The van der Waals surface area contributed by atoms with Crippen molar-refractivity contribution in [1.82, 2.24) is 19.9 Å². The lowest BCUT2D eigenvalue weighted by atomic mass is 10.1. The number of fused-ring (bicyclic) bond motifs is 1. The molecule has 1 aliphatic rings. The molecule has 5 rings (SSSR count). The summed E-state index contributed by atoms with van der Waals surface area (Å²) in [6.07, 6.45) is 4.63. The minimum absolute atomic E-state index is 0.106. The van der Waals surface area contributed by atoms with Gasteiger partial charge in [0.1, 0.15) is 0 Å². The second kappa shape index (κ2) is 9.83. The van der Waals surface area contributed by atoms with Crippen LogP contribution in [0.5, 0.6) is 0 Å². The van der Waals surface area contributed by atoms with Gasteiger partial charge in [-0.15, -0.1) is 0 Å². The minimum Gasteiger partial charge on any atom is -0.379 e. The van der Waals surface area contributed by atoms with Crippen molar-refractivity contribution >= 4 is 45.7 Å². The highest BCUT2D eigenvalue weighted by molar-refractivity contribution is 5.99.